The molecule has 0 amide bonds. The Labute approximate surface area is 47.5 Å². The molecule has 2 N–H and O–H groups in total. The van der Waals surface area contributed by atoms with Crippen molar-refractivity contribution in [2.24, 2.45) is 5.73 Å². The van der Waals surface area contributed by atoms with E-state index in [9.17, 15) is 9.90 Å². The third-order valence-electron chi connectivity index (χ3n) is 1.39. The number of carbonyl (C=O) groups is 1. The van der Waals surface area contributed by atoms with E-state index in [1.165, 1.54) is 0 Å². The number of aliphatic carboxylic acids is 1. The van der Waals surface area contributed by atoms with Crippen LogP contribution in [0.5, 0.6) is 0 Å². The lowest BCUT2D eigenvalue weighted by Crippen LogP contribution is -2.33. The molecular weight excluding hydrogens is 106 g/mol. The van der Waals surface area contributed by atoms with Crippen LogP contribution in [0.4, 0.5) is 0 Å². The number of carboxylic acids is 1. The number of hydrogen-bond donors (Lipinski definition) is 1. The second-order valence-electron chi connectivity index (χ2n) is 2.41. The molecule has 0 aromatic heterocycles. The van der Waals surface area contributed by atoms with Crippen molar-refractivity contribution < 1.29 is 9.90 Å². The molecule has 0 unspecified atom stereocenters. The SMILES string of the molecule is NC1(CC(=O)[O-])CC1. The summed E-state index contributed by atoms with van der Waals surface area (Å²) in [6.45, 7) is 0. The average molecular weight is 114 g/mol. The lowest BCUT2D eigenvalue weighted by molar-refractivity contribution is -0.306. The Balaban J connectivity index is 2.29. The molecule has 3 heteroatoms. The van der Waals surface area contributed by atoms with Crippen molar-refractivity contribution in [3.05, 3.63) is 0 Å². The summed E-state index contributed by atoms with van der Waals surface area (Å²) in [5, 5.41) is 9.86. The highest BCUT2D eigenvalue weighted by atomic mass is 16.4. The number of carbonyl (C=O) groups excluding carboxylic acids is 1. The van der Waals surface area contributed by atoms with Crippen LogP contribution < -0.4 is 10.8 Å². The van der Waals surface area contributed by atoms with E-state index in [4.69, 9.17) is 5.73 Å². The van der Waals surface area contributed by atoms with Crippen LogP contribution in [0.1, 0.15) is 19.3 Å². The summed E-state index contributed by atoms with van der Waals surface area (Å²) in [5.74, 6) is -1.04. The van der Waals surface area contributed by atoms with E-state index in [-0.39, 0.29) is 6.42 Å². The second kappa shape index (κ2) is 1.45. The highest BCUT2D eigenvalue weighted by molar-refractivity contribution is 5.66. The van der Waals surface area contributed by atoms with Crippen molar-refractivity contribution in [2.75, 3.05) is 0 Å². The lowest BCUT2D eigenvalue weighted by Gasteiger charge is -2.06. The molecule has 0 heterocycles. The summed E-state index contributed by atoms with van der Waals surface area (Å²) in [7, 11) is 0. The summed E-state index contributed by atoms with van der Waals surface area (Å²) in [4.78, 5) is 9.86. The minimum Gasteiger partial charge on any atom is -0.550 e. The van der Waals surface area contributed by atoms with Crippen molar-refractivity contribution in [3.63, 3.8) is 0 Å². The largest absolute Gasteiger partial charge is 0.550 e. The molecule has 0 radical (unpaired) electrons. The quantitative estimate of drug-likeness (QED) is 0.481. The Morgan fingerprint density at radius 3 is 2.38 bits per heavy atom. The first-order valence-electron chi connectivity index (χ1n) is 2.61. The van der Waals surface area contributed by atoms with E-state index >= 15 is 0 Å². The molecule has 1 saturated carbocycles. The van der Waals surface area contributed by atoms with Gasteiger partial charge in [-0.15, -0.1) is 0 Å². The van der Waals surface area contributed by atoms with E-state index in [0.29, 0.717) is 0 Å². The third kappa shape index (κ3) is 1.20. The second-order valence-corrected chi connectivity index (χ2v) is 2.41. The van der Waals surface area contributed by atoms with Gasteiger partial charge in [0.2, 0.25) is 0 Å². The standard InChI is InChI=1S/C5H9NO2/c6-5(1-2-5)3-4(7)8/h1-3,6H2,(H,7,8)/p-1. The van der Waals surface area contributed by atoms with Crippen LogP contribution in [-0.2, 0) is 4.79 Å². The Kier molecular flexibility index (Phi) is 1.01. The molecule has 0 spiro atoms. The maximum absolute atomic E-state index is 9.86. The number of carboxylic acid groups (broad SMARTS) is 1. The van der Waals surface area contributed by atoms with Gasteiger partial charge in [-0.05, 0) is 12.8 Å². The molecule has 0 saturated heterocycles. The van der Waals surface area contributed by atoms with E-state index in [1.807, 2.05) is 0 Å². The van der Waals surface area contributed by atoms with Crippen molar-refractivity contribution in [3.8, 4) is 0 Å². The molecule has 0 atom stereocenters. The molecule has 3 nitrogen and oxygen atoms in total. The first-order valence-corrected chi connectivity index (χ1v) is 2.61. The zero-order valence-electron chi connectivity index (χ0n) is 4.52. The van der Waals surface area contributed by atoms with Gasteiger partial charge in [0, 0.05) is 17.9 Å². The highest BCUT2D eigenvalue weighted by Crippen LogP contribution is 2.34. The van der Waals surface area contributed by atoms with Gasteiger partial charge >= 0.3 is 0 Å². The van der Waals surface area contributed by atoms with Crippen LogP contribution in [0.2, 0.25) is 0 Å². The maximum Gasteiger partial charge on any atom is 0.0432 e. The van der Waals surface area contributed by atoms with Gasteiger partial charge in [0.1, 0.15) is 0 Å². The van der Waals surface area contributed by atoms with E-state index in [0.717, 1.165) is 12.8 Å². The number of nitrogens with two attached hydrogens (primary N) is 1. The van der Waals surface area contributed by atoms with Crippen LogP contribution in [0, 0.1) is 0 Å². The maximum atomic E-state index is 9.86. The molecule has 0 aliphatic heterocycles. The van der Waals surface area contributed by atoms with Gasteiger partial charge in [0.25, 0.3) is 0 Å². The van der Waals surface area contributed by atoms with Gasteiger partial charge in [-0.3, -0.25) is 0 Å². The van der Waals surface area contributed by atoms with Gasteiger partial charge in [-0.1, -0.05) is 0 Å². The molecule has 46 valence electrons. The van der Waals surface area contributed by atoms with E-state index in [2.05, 4.69) is 0 Å². The predicted molar refractivity (Wildman–Crippen MR) is 25.8 cm³/mol. The van der Waals surface area contributed by atoms with Crippen LogP contribution in [0.15, 0.2) is 0 Å². The fraction of sp³-hybridized carbons (Fsp3) is 0.800. The van der Waals surface area contributed by atoms with Crippen LogP contribution in [-0.4, -0.2) is 11.5 Å². The first kappa shape index (κ1) is 5.56. The molecule has 1 aliphatic rings. The molecule has 8 heavy (non-hydrogen) atoms. The van der Waals surface area contributed by atoms with Gasteiger partial charge in [-0.2, -0.15) is 0 Å². The smallest absolute Gasteiger partial charge is 0.0432 e. The zero-order valence-corrected chi connectivity index (χ0v) is 4.52. The minimum atomic E-state index is -1.04. The summed E-state index contributed by atoms with van der Waals surface area (Å²) >= 11 is 0. The number of hydrogen-bond acceptors (Lipinski definition) is 3. The Hall–Kier alpha value is -0.570. The van der Waals surface area contributed by atoms with Crippen LogP contribution in [0.25, 0.3) is 0 Å². The molecule has 1 rings (SSSR count). The Morgan fingerprint density at radius 1 is 1.75 bits per heavy atom. The predicted octanol–water partition coefficient (Wildman–Crippen LogP) is -1.38. The molecule has 0 bridgehead atoms. The molecule has 1 fully saturated rings. The monoisotopic (exact) mass is 114 g/mol. The molecule has 1 aliphatic carbocycles. The van der Waals surface area contributed by atoms with E-state index in [1.54, 1.807) is 0 Å². The topological polar surface area (TPSA) is 66.2 Å². The fourth-order valence-electron chi connectivity index (χ4n) is 0.625. The summed E-state index contributed by atoms with van der Waals surface area (Å²) < 4.78 is 0. The van der Waals surface area contributed by atoms with Crippen molar-refractivity contribution in [1.82, 2.24) is 0 Å². The van der Waals surface area contributed by atoms with Gasteiger partial charge in [0.15, 0.2) is 0 Å². The zero-order chi connectivity index (χ0) is 6.20. The number of rotatable bonds is 2. The molecule has 0 aromatic carbocycles. The summed E-state index contributed by atoms with van der Waals surface area (Å²) in [6.07, 6.45) is 1.69. The fourth-order valence-corrected chi connectivity index (χ4v) is 0.625. The first-order chi connectivity index (χ1) is 3.62. The summed E-state index contributed by atoms with van der Waals surface area (Å²) in [6, 6.07) is 0. The summed E-state index contributed by atoms with van der Waals surface area (Å²) in [5.41, 5.74) is 5.04. The highest BCUT2D eigenvalue weighted by Gasteiger charge is 2.37. The van der Waals surface area contributed by atoms with Crippen molar-refractivity contribution in [1.29, 1.82) is 0 Å². The molecular formula is C5H8NO2-. The van der Waals surface area contributed by atoms with Crippen LogP contribution >= 0.6 is 0 Å². The van der Waals surface area contributed by atoms with Gasteiger partial charge in [-0.25, -0.2) is 0 Å². The third-order valence-corrected chi connectivity index (χ3v) is 1.39. The van der Waals surface area contributed by atoms with Gasteiger partial charge in [0.05, 0.1) is 0 Å². The van der Waals surface area contributed by atoms with Crippen LogP contribution in [0.3, 0.4) is 0 Å². The normalized spacial score (nSPS) is 22.6. The van der Waals surface area contributed by atoms with Crippen molar-refractivity contribution >= 4 is 5.97 Å². The lowest BCUT2D eigenvalue weighted by atomic mass is 10.2. The Bertz CT molecular complexity index is 118. The molecule has 0 aromatic rings. The van der Waals surface area contributed by atoms with Crippen molar-refractivity contribution in [2.45, 2.75) is 24.8 Å². The average Bonchev–Trinajstić information content (AvgIpc) is 2.17. The Morgan fingerprint density at radius 2 is 2.25 bits per heavy atom. The van der Waals surface area contributed by atoms with Gasteiger partial charge < -0.3 is 15.6 Å². The minimum absolute atomic E-state index is 0.0208. The van der Waals surface area contributed by atoms with E-state index < -0.39 is 11.5 Å².